The lowest BCUT2D eigenvalue weighted by Crippen LogP contribution is -2.57. The first-order valence-corrected chi connectivity index (χ1v) is 7.38. The molecule has 3 aliphatic rings. The molecule has 1 N–H and O–H groups in total. The molecule has 0 saturated carbocycles. The van der Waals surface area contributed by atoms with E-state index in [1.807, 2.05) is 24.3 Å². The molecule has 3 saturated heterocycles. The molecule has 4 rings (SSSR count). The zero-order valence-corrected chi connectivity index (χ0v) is 11.6. The molecule has 0 aliphatic carbocycles. The van der Waals surface area contributed by atoms with Crippen molar-refractivity contribution >= 4 is 5.91 Å². The Kier molecular flexibility index (Phi) is 3.56. The van der Waals surface area contributed by atoms with Crippen LogP contribution in [-0.4, -0.2) is 36.5 Å². The minimum absolute atomic E-state index is 0.0846. The van der Waals surface area contributed by atoms with Gasteiger partial charge in [0, 0.05) is 18.2 Å². The van der Waals surface area contributed by atoms with Gasteiger partial charge in [0.1, 0.15) is 0 Å². The lowest BCUT2D eigenvalue weighted by atomic mass is 9.84. The molecule has 3 aliphatic heterocycles. The van der Waals surface area contributed by atoms with Crippen LogP contribution in [0, 0.1) is 5.92 Å². The number of nitrogens with zero attached hydrogens (tertiary/aromatic N) is 1. The van der Waals surface area contributed by atoms with Crippen molar-refractivity contribution in [1.82, 2.24) is 10.2 Å². The Morgan fingerprint density at radius 1 is 1.26 bits per heavy atom. The molecule has 3 nitrogen and oxygen atoms in total. The molecule has 0 aromatic heterocycles. The SMILES string of the molecule is CCc1ccc(C(=O)N[C@@H]2CN3CCC2CC3)cc1. The third-order valence-electron chi connectivity index (χ3n) is 4.60. The van der Waals surface area contributed by atoms with Gasteiger partial charge in [-0.05, 0) is 56.0 Å². The highest BCUT2D eigenvalue weighted by Gasteiger charge is 2.34. The standard InChI is InChI=1S/C16H22N2O/c1-2-12-3-5-14(6-4-12)16(19)17-15-11-18-9-7-13(15)8-10-18/h3-6,13,15H,2,7-11H2,1H3,(H,17,19)/t15-/m1/s1. The second kappa shape index (κ2) is 5.33. The summed E-state index contributed by atoms with van der Waals surface area (Å²) in [4.78, 5) is 14.7. The van der Waals surface area contributed by atoms with Gasteiger partial charge in [0.2, 0.25) is 0 Å². The van der Waals surface area contributed by atoms with Crippen LogP contribution in [-0.2, 0) is 6.42 Å². The summed E-state index contributed by atoms with van der Waals surface area (Å²) >= 11 is 0. The van der Waals surface area contributed by atoms with Crippen LogP contribution >= 0.6 is 0 Å². The van der Waals surface area contributed by atoms with Crippen molar-refractivity contribution in [2.45, 2.75) is 32.2 Å². The minimum atomic E-state index is 0.0846. The molecule has 1 atom stereocenters. The van der Waals surface area contributed by atoms with Crippen molar-refractivity contribution in [1.29, 1.82) is 0 Å². The molecule has 0 radical (unpaired) electrons. The van der Waals surface area contributed by atoms with E-state index in [-0.39, 0.29) is 5.91 Å². The quantitative estimate of drug-likeness (QED) is 0.900. The van der Waals surface area contributed by atoms with Crippen LogP contribution in [0.15, 0.2) is 24.3 Å². The normalized spacial score (nSPS) is 29.2. The molecule has 1 aromatic rings. The maximum absolute atomic E-state index is 12.3. The van der Waals surface area contributed by atoms with Gasteiger partial charge in [0.25, 0.3) is 5.91 Å². The van der Waals surface area contributed by atoms with Gasteiger partial charge in [0.05, 0.1) is 0 Å². The van der Waals surface area contributed by atoms with E-state index in [0.29, 0.717) is 12.0 Å². The Labute approximate surface area is 115 Å². The van der Waals surface area contributed by atoms with Gasteiger partial charge in [-0.3, -0.25) is 4.79 Å². The van der Waals surface area contributed by atoms with Crippen LogP contribution in [0.1, 0.15) is 35.7 Å². The van der Waals surface area contributed by atoms with Crippen LogP contribution in [0.25, 0.3) is 0 Å². The highest BCUT2D eigenvalue weighted by molar-refractivity contribution is 5.94. The number of benzene rings is 1. The number of carbonyl (C=O) groups excluding carboxylic acids is 1. The Balaban J connectivity index is 1.64. The van der Waals surface area contributed by atoms with Crippen molar-refractivity contribution in [2.75, 3.05) is 19.6 Å². The van der Waals surface area contributed by atoms with Crippen LogP contribution in [0.4, 0.5) is 0 Å². The van der Waals surface area contributed by atoms with Gasteiger partial charge in [-0.2, -0.15) is 0 Å². The number of hydrogen-bond acceptors (Lipinski definition) is 2. The zero-order valence-electron chi connectivity index (χ0n) is 11.6. The Hall–Kier alpha value is -1.35. The predicted octanol–water partition coefficient (Wildman–Crippen LogP) is 2.07. The number of fused-ring (bicyclic) bond motifs is 3. The van der Waals surface area contributed by atoms with Crippen molar-refractivity contribution in [3.05, 3.63) is 35.4 Å². The largest absolute Gasteiger partial charge is 0.348 e. The summed E-state index contributed by atoms with van der Waals surface area (Å²) in [5.41, 5.74) is 2.06. The van der Waals surface area contributed by atoms with Gasteiger partial charge >= 0.3 is 0 Å². The van der Waals surface area contributed by atoms with Gasteiger partial charge in [0.15, 0.2) is 0 Å². The van der Waals surface area contributed by atoms with E-state index in [4.69, 9.17) is 0 Å². The first-order valence-electron chi connectivity index (χ1n) is 7.38. The van der Waals surface area contributed by atoms with Gasteiger partial charge in [-0.15, -0.1) is 0 Å². The van der Waals surface area contributed by atoms with Gasteiger partial charge in [-0.1, -0.05) is 19.1 Å². The summed E-state index contributed by atoms with van der Waals surface area (Å²) in [5, 5.41) is 3.22. The van der Waals surface area contributed by atoms with Crippen molar-refractivity contribution in [2.24, 2.45) is 5.92 Å². The highest BCUT2D eigenvalue weighted by atomic mass is 16.1. The molecule has 2 bridgehead atoms. The van der Waals surface area contributed by atoms with Gasteiger partial charge in [-0.25, -0.2) is 0 Å². The topological polar surface area (TPSA) is 32.3 Å². The van der Waals surface area contributed by atoms with Crippen LogP contribution in [0.3, 0.4) is 0 Å². The molecular weight excluding hydrogens is 236 g/mol. The molecule has 19 heavy (non-hydrogen) atoms. The lowest BCUT2D eigenvalue weighted by molar-refractivity contribution is 0.0620. The average molecular weight is 258 g/mol. The third kappa shape index (κ3) is 2.66. The number of rotatable bonds is 3. The molecule has 0 spiro atoms. The van der Waals surface area contributed by atoms with Crippen LogP contribution in [0.5, 0.6) is 0 Å². The fourth-order valence-electron chi connectivity index (χ4n) is 3.27. The zero-order chi connectivity index (χ0) is 13.2. The van der Waals surface area contributed by atoms with Crippen molar-refractivity contribution < 1.29 is 4.79 Å². The monoisotopic (exact) mass is 258 g/mol. The maximum atomic E-state index is 12.3. The molecular formula is C16H22N2O. The second-order valence-corrected chi connectivity index (χ2v) is 5.77. The highest BCUT2D eigenvalue weighted by Crippen LogP contribution is 2.27. The maximum Gasteiger partial charge on any atom is 0.251 e. The first-order chi connectivity index (χ1) is 9.26. The Morgan fingerprint density at radius 2 is 1.95 bits per heavy atom. The van der Waals surface area contributed by atoms with Crippen LogP contribution in [0.2, 0.25) is 0 Å². The van der Waals surface area contributed by atoms with Crippen LogP contribution < -0.4 is 5.32 Å². The number of carbonyl (C=O) groups is 1. The molecule has 1 amide bonds. The average Bonchev–Trinajstić information content (AvgIpc) is 2.48. The van der Waals surface area contributed by atoms with E-state index in [0.717, 1.165) is 18.5 Å². The van der Waals surface area contributed by atoms with E-state index in [1.165, 1.54) is 31.5 Å². The molecule has 3 heteroatoms. The summed E-state index contributed by atoms with van der Waals surface area (Å²) in [6, 6.07) is 8.32. The summed E-state index contributed by atoms with van der Waals surface area (Å²) in [5.74, 6) is 0.769. The summed E-state index contributed by atoms with van der Waals surface area (Å²) in [6.45, 7) is 5.58. The lowest BCUT2D eigenvalue weighted by Gasteiger charge is -2.44. The van der Waals surface area contributed by atoms with E-state index in [9.17, 15) is 4.79 Å². The molecule has 102 valence electrons. The summed E-state index contributed by atoms with van der Waals surface area (Å²) < 4.78 is 0. The molecule has 0 unspecified atom stereocenters. The number of aryl methyl sites for hydroxylation is 1. The second-order valence-electron chi connectivity index (χ2n) is 5.77. The Bertz CT molecular complexity index is 446. The molecule has 1 aromatic carbocycles. The number of piperidine rings is 3. The smallest absolute Gasteiger partial charge is 0.251 e. The number of amides is 1. The fraction of sp³-hybridized carbons (Fsp3) is 0.562. The summed E-state index contributed by atoms with van der Waals surface area (Å²) in [7, 11) is 0. The van der Waals surface area contributed by atoms with Crippen molar-refractivity contribution in [3.8, 4) is 0 Å². The van der Waals surface area contributed by atoms with Crippen molar-refractivity contribution in [3.63, 3.8) is 0 Å². The van der Waals surface area contributed by atoms with E-state index >= 15 is 0 Å². The molecule has 3 fully saturated rings. The van der Waals surface area contributed by atoms with E-state index in [2.05, 4.69) is 17.1 Å². The number of hydrogen-bond donors (Lipinski definition) is 1. The first kappa shape index (κ1) is 12.7. The van der Waals surface area contributed by atoms with E-state index < -0.39 is 0 Å². The summed E-state index contributed by atoms with van der Waals surface area (Å²) in [6.07, 6.45) is 3.49. The van der Waals surface area contributed by atoms with Gasteiger partial charge < -0.3 is 10.2 Å². The number of nitrogens with one attached hydrogen (secondary N) is 1. The Morgan fingerprint density at radius 3 is 2.47 bits per heavy atom. The minimum Gasteiger partial charge on any atom is -0.348 e. The fourth-order valence-corrected chi connectivity index (χ4v) is 3.27. The molecule has 3 heterocycles. The predicted molar refractivity (Wildman–Crippen MR) is 76.2 cm³/mol. The van der Waals surface area contributed by atoms with E-state index in [1.54, 1.807) is 0 Å². The third-order valence-corrected chi connectivity index (χ3v) is 4.60.